The standard InChI is InChI=1S/C12H13F3.C11H10F4.2C11H11F3.C8H16.CH4/c1-6-4-9-5-7(2)12(14,15)10(9)11(13)8(6)3;1-5-3-7-4-6(2)11(14,15)8(7)10(13)9(5)12;2*1-6-3-8-5-7(2)11(13,14)10(8)9(12)4-6;1-7-3-5-8(2)6-4-7;/h4,7H,5H2,1-3H3;3,6H,4H2,1-2H3;2*3-4,7H,5H2,1-2H3;7-8H,3-6H2,1-2H3;1H4. The summed E-state index contributed by atoms with van der Waals surface area (Å²) in [5, 5.41) is 0. The smallest absolute Gasteiger partial charge is 0.206 e. The molecule has 0 bridgehead atoms. The summed E-state index contributed by atoms with van der Waals surface area (Å²) >= 11 is 0. The molecule has 1 saturated carbocycles. The zero-order valence-corrected chi connectivity index (χ0v) is 39.5. The van der Waals surface area contributed by atoms with Crippen LogP contribution in [0.25, 0.3) is 0 Å². The molecule has 1 fully saturated rings. The Hall–Kier alpha value is -4.03. The van der Waals surface area contributed by atoms with Crippen LogP contribution in [0.15, 0.2) is 36.4 Å². The Balaban J connectivity index is 0.000000184. The van der Waals surface area contributed by atoms with Crippen LogP contribution >= 0.6 is 0 Å². The second kappa shape index (κ2) is 20.5. The minimum atomic E-state index is -3.26. The predicted octanol–water partition coefficient (Wildman–Crippen LogP) is 17.6. The van der Waals surface area contributed by atoms with Gasteiger partial charge in [0.15, 0.2) is 11.6 Å². The van der Waals surface area contributed by atoms with Crippen LogP contribution in [0.3, 0.4) is 0 Å². The van der Waals surface area contributed by atoms with E-state index in [1.165, 1.54) is 78.5 Å². The Morgan fingerprint density at radius 2 is 0.657 bits per heavy atom. The molecular weight excluding hydrogens is 896 g/mol. The second-order valence-corrected chi connectivity index (χ2v) is 19.9. The predicted molar refractivity (Wildman–Crippen MR) is 240 cm³/mol. The molecule has 5 aliphatic carbocycles. The van der Waals surface area contributed by atoms with Crippen LogP contribution in [0.5, 0.6) is 0 Å². The highest BCUT2D eigenvalue weighted by atomic mass is 19.3. The Morgan fingerprint density at radius 1 is 0.373 bits per heavy atom. The maximum atomic E-state index is 13.8. The van der Waals surface area contributed by atoms with E-state index < -0.39 is 93.1 Å². The van der Waals surface area contributed by atoms with Crippen LogP contribution in [-0.2, 0) is 49.4 Å². The number of hydrogen-bond acceptors (Lipinski definition) is 0. The number of benzene rings is 4. The first-order chi connectivity index (χ1) is 30.3. The van der Waals surface area contributed by atoms with Gasteiger partial charge >= 0.3 is 0 Å². The van der Waals surface area contributed by atoms with Crippen molar-refractivity contribution >= 4 is 0 Å². The molecule has 4 unspecified atom stereocenters. The normalized spacial score (nSPS) is 24.9. The van der Waals surface area contributed by atoms with Gasteiger partial charge in [-0.3, -0.25) is 0 Å². The van der Waals surface area contributed by atoms with E-state index in [9.17, 15) is 57.1 Å². The molecule has 0 N–H and O–H groups in total. The van der Waals surface area contributed by atoms with E-state index >= 15 is 0 Å². The zero-order chi connectivity index (χ0) is 49.8. The van der Waals surface area contributed by atoms with Crippen molar-refractivity contribution in [1.29, 1.82) is 0 Å². The van der Waals surface area contributed by atoms with E-state index in [4.69, 9.17) is 0 Å². The van der Waals surface area contributed by atoms with Crippen molar-refractivity contribution in [2.45, 2.75) is 159 Å². The topological polar surface area (TPSA) is 0 Å². The Morgan fingerprint density at radius 3 is 1.00 bits per heavy atom. The summed E-state index contributed by atoms with van der Waals surface area (Å²) in [6.45, 7) is 18.5. The van der Waals surface area contributed by atoms with Gasteiger partial charge in [0.25, 0.3) is 23.7 Å². The van der Waals surface area contributed by atoms with Crippen molar-refractivity contribution in [1.82, 2.24) is 0 Å². The van der Waals surface area contributed by atoms with E-state index in [0.29, 0.717) is 33.4 Å². The largest absolute Gasteiger partial charge is 0.279 e. The summed E-state index contributed by atoms with van der Waals surface area (Å²) in [5.74, 6) is -18.4. The van der Waals surface area contributed by atoms with Crippen LogP contribution in [0.2, 0.25) is 0 Å². The first-order valence-corrected chi connectivity index (χ1v) is 22.7. The van der Waals surface area contributed by atoms with Gasteiger partial charge < -0.3 is 0 Å². The number of rotatable bonds is 0. The van der Waals surface area contributed by atoms with Crippen molar-refractivity contribution < 1.29 is 57.1 Å². The van der Waals surface area contributed by atoms with Crippen molar-refractivity contribution in [3.05, 3.63) is 138 Å². The first-order valence-electron chi connectivity index (χ1n) is 22.7. The SMILES string of the molecule is C.CC1CCC(C)CC1.Cc1cc(F)c2c(c1)CC(C)C2(F)F.Cc1cc(F)c2c(c1)CC(C)C2(F)F.Cc1cc2c(c(F)c1C)C(F)(F)C(C)C2.Cc1cc2c(c(F)c1F)C(F)(F)C(C)C2. The molecule has 67 heavy (non-hydrogen) atoms. The molecule has 5 aliphatic rings. The molecule has 9 rings (SSSR count). The maximum Gasteiger partial charge on any atom is 0.279 e. The minimum Gasteiger partial charge on any atom is -0.206 e. The Labute approximate surface area is 388 Å². The highest BCUT2D eigenvalue weighted by Gasteiger charge is 2.51. The summed E-state index contributed by atoms with van der Waals surface area (Å²) in [6, 6.07) is 8.64. The Kier molecular flexibility index (Phi) is 17.0. The van der Waals surface area contributed by atoms with Crippen LogP contribution in [0.4, 0.5) is 57.1 Å². The van der Waals surface area contributed by atoms with Gasteiger partial charge in [-0.25, -0.2) is 57.1 Å². The van der Waals surface area contributed by atoms with Gasteiger partial charge in [-0.15, -0.1) is 0 Å². The second-order valence-electron chi connectivity index (χ2n) is 19.9. The van der Waals surface area contributed by atoms with Crippen LogP contribution in [0.1, 0.15) is 147 Å². The molecule has 4 aromatic rings. The lowest BCUT2D eigenvalue weighted by atomic mass is 9.84. The molecular formula is C54H65F13. The molecule has 0 amide bonds. The molecule has 372 valence electrons. The van der Waals surface area contributed by atoms with E-state index in [2.05, 4.69) is 13.8 Å². The van der Waals surface area contributed by atoms with Gasteiger partial charge in [0.1, 0.15) is 17.5 Å². The third-order valence-electron chi connectivity index (χ3n) is 14.2. The van der Waals surface area contributed by atoms with Gasteiger partial charge in [-0.05, 0) is 134 Å². The third kappa shape index (κ3) is 11.1. The average Bonchev–Trinajstić information content (AvgIpc) is 3.76. The quantitative estimate of drug-likeness (QED) is 0.154. The lowest BCUT2D eigenvalue weighted by Gasteiger charge is -2.22. The van der Waals surface area contributed by atoms with E-state index in [0.717, 1.165) is 17.4 Å². The average molecular weight is 961 g/mol. The molecule has 4 atom stereocenters. The molecule has 0 radical (unpaired) electrons. The van der Waals surface area contributed by atoms with Gasteiger partial charge in [0.2, 0.25) is 0 Å². The minimum absolute atomic E-state index is 0. The lowest BCUT2D eigenvalue weighted by Crippen LogP contribution is -2.19. The van der Waals surface area contributed by atoms with E-state index in [-0.39, 0.29) is 49.8 Å². The van der Waals surface area contributed by atoms with Gasteiger partial charge in [0, 0.05) is 23.7 Å². The van der Waals surface area contributed by atoms with E-state index in [1.807, 2.05) is 0 Å². The number of fused-ring (bicyclic) bond motifs is 4. The van der Waals surface area contributed by atoms with Gasteiger partial charge in [-0.2, -0.15) is 0 Å². The van der Waals surface area contributed by atoms with E-state index in [1.54, 1.807) is 45.9 Å². The summed E-state index contributed by atoms with van der Waals surface area (Å²) in [7, 11) is 0. The summed E-state index contributed by atoms with van der Waals surface area (Å²) in [6.07, 6.45) is 6.79. The van der Waals surface area contributed by atoms with Crippen LogP contribution in [0, 0.1) is 99.2 Å². The zero-order valence-electron chi connectivity index (χ0n) is 39.5. The van der Waals surface area contributed by atoms with Gasteiger partial charge in [-0.1, -0.05) is 98.9 Å². The molecule has 4 aromatic carbocycles. The Bertz CT molecular complexity index is 2240. The molecule has 0 nitrogen and oxygen atoms in total. The molecule has 0 heterocycles. The molecule has 13 heteroatoms. The fourth-order valence-electron chi connectivity index (χ4n) is 9.75. The van der Waals surface area contributed by atoms with Crippen LogP contribution < -0.4 is 0 Å². The number of alkyl halides is 8. The van der Waals surface area contributed by atoms with Crippen molar-refractivity contribution in [2.24, 2.45) is 35.5 Å². The van der Waals surface area contributed by atoms with Crippen molar-refractivity contribution in [2.75, 3.05) is 0 Å². The summed E-state index contributed by atoms with van der Waals surface area (Å²) < 4.78 is 175. The van der Waals surface area contributed by atoms with Gasteiger partial charge in [0.05, 0.1) is 22.3 Å². The number of halogens is 13. The molecule has 0 aromatic heterocycles. The van der Waals surface area contributed by atoms with Crippen LogP contribution in [-0.4, -0.2) is 0 Å². The summed E-state index contributed by atoms with van der Waals surface area (Å²) in [4.78, 5) is 0. The first kappa shape index (κ1) is 55.6. The third-order valence-corrected chi connectivity index (χ3v) is 14.2. The number of hydrogen-bond donors (Lipinski definition) is 0. The number of aryl methyl sites for hydroxylation is 4. The summed E-state index contributed by atoms with van der Waals surface area (Å²) in [5.41, 5.74) is 2.26. The lowest BCUT2D eigenvalue weighted by molar-refractivity contribution is -0.0485. The van der Waals surface area contributed by atoms with Crippen molar-refractivity contribution in [3.63, 3.8) is 0 Å². The molecule has 0 saturated heterocycles. The fourth-order valence-corrected chi connectivity index (χ4v) is 9.75. The molecule has 0 aliphatic heterocycles. The monoisotopic (exact) mass is 960 g/mol. The van der Waals surface area contributed by atoms with Crippen molar-refractivity contribution in [3.8, 4) is 0 Å². The maximum absolute atomic E-state index is 13.8. The highest BCUT2D eigenvalue weighted by Crippen LogP contribution is 2.51. The highest BCUT2D eigenvalue weighted by molar-refractivity contribution is 5.46. The molecule has 0 spiro atoms. The fraction of sp³-hybridized carbons (Fsp3) is 0.556.